The van der Waals surface area contributed by atoms with Gasteiger partial charge >= 0.3 is 0 Å². The zero-order chi connectivity index (χ0) is 22.5. The summed E-state index contributed by atoms with van der Waals surface area (Å²) in [5.74, 6) is 5.79. The number of rotatable bonds is 3. The van der Waals surface area contributed by atoms with Gasteiger partial charge < -0.3 is 15.1 Å². The van der Waals surface area contributed by atoms with Crippen LogP contribution in [0.4, 0.5) is 17.1 Å². The number of terminal acetylenes is 2. The number of nitrogens with one attached hydrogen (secondary N) is 1. The summed E-state index contributed by atoms with van der Waals surface area (Å²) >= 11 is 13.5. The quantitative estimate of drug-likeness (QED) is 0.340. The van der Waals surface area contributed by atoms with Gasteiger partial charge in [0.25, 0.3) is 0 Å². The molecular weight excluding hydrogens is 550 g/mol. The van der Waals surface area contributed by atoms with Gasteiger partial charge in [0.1, 0.15) is 6.17 Å². The maximum absolute atomic E-state index is 6.23. The predicted molar refractivity (Wildman–Crippen MR) is 140 cm³/mol. The molecule has 2 aliphatic heterocycles. The van der Waals surface area contributed by atoms with E-state index in [9.17, 15) is 0 Å². The summed E-state index contributed by atoms with van der Waals surface area (Å²) in [6.07, 6.45) is 12.1. The molecule has 2 unspecified atom stereocenters. The van der Waals surface area contributed by atoms with Gasteiger partial charge in [0.15, 0.2) is 5.66 Å². The molecule has 2 atom stereocenters. The fourth-order valence-electron chi connectivity index (χ4n) is 4.82. The van der Waals surface area contributed by atoms with E-state index in [1.54, 1.807) is 0 Å². The summed E-state index contributed by atoms with van der Waals surface area (Å²) in [6, 6.07) is 20.4. The number of benzene rings is 3. The molecule has 1 N–H and O–H groups in total. The standard InChI is InChI=1S/C26H18Br2ClN3/c1-3-13-26-22-16-18(28)6-12-24(22)31(14-4-2)25(21-15-17(27)5-11-23(21)30-26)32(26)20-9-7-19(29)8-10-20/h1-2,5-12,15-16,25,30H,13-14H2. The Morgan fingerprint density at radius 2 is 1.69 bits per heavy atom. The van der Waals surface area contributed by atoms with Crippen LogP contribution in [0.2, 0.25) is 5.02 Å². The van der Waals surface area contributed by atoms with Gasteiger partial charge in [-0.05, 0) is 60.7 Å². The van der Waals surface area contributed by atoms with Crippen molar-refractivity contribution in [2.45, 2.75) is 18.2 Å². The second-order valence-electron chi connectivity index (χ2n) is 7.81. The van der Waals surface area contributed by atoms with Gasteiger partial charge in [-0.3, -0.25) is 0 Å². The van der Waals surface area contributed by atoms with Crippen LogP contribution in [-0.2, 0) is 5.66 Å². The second-order valence-corrected chi connectivity index (χ2v) is 10.1. The minimum absolute atomic E-state index is 0.164. The van der Waals surface area contributed by atoms with E-state index in [0.717, 1.165) is 37.1 Å². The predicted octanol–water partition coefficient (Wildman–Crippen LogP) is 7.13. The normalized spacial score (nSPS) is 20.5. The van der Waals surface area contributed by atoms with Crippen LogP contribution in [0.15, 0.2) is 69.6 Å². The highest BCUT2D eigenvalue weighted by atomic mass is 79.9. The minimum atomic E-state index is -0.668. The molecule has 2 bridgehead atoms. The van der Waals surface area contributed by atoms with Crippen LogP contribution in [0.25, 0.3) is 0 Å². The summed E-state index contributed by atoms with van der Waals surface area (Å²) in [6.45, 7) is 0.446. The van der Waals surface area contributed by atoms with Gasteiger partial charge in [-0.15, -0.1) is 18.8 Å². The summed E-state index contributed by atoms with van der Waals surface area (Å²) < 4.78 is 1.98. The Morgan fingerprint density at radius 1 is 0.969 bits per heavy atom. The van der Waals surface area contributed by atoms with Gasteiger partial charge in [-0.1, -0.05) is 49.4 Å². The molecule has 0 aromatic heterocycles. The number of anilines is 3. The van der Waals surface area contributed by atoms with Crippen molar-refractivity contribution in [3.05, 3.63) is 85.8 Å². The summed E-state index contributed by atoms with van der Waals surface area (Å²) in [4.78, 5) is 4.60. The van der Waals surface area contributed by atoms with Gasteiger partial charge in [-0.2, -0.15) is 0 Å². The monoisotopic (exact) mass is 565 g/mol. The number of nitrogens with zero attached hydrogens (tertiary/aromatic N) is 2. The number of hydrogen-bond donors (Lipinski definition) is 1. The first kappa shape index (κ1) is 21.3. The van der Waals surface area contributed by atoms with Crippen LogP contribution in [-0.4, -0.2) is 6.54 Å². The number of fused-ring (bicyclic) bond motifs is 6. The van der Waals surface area contributed by atoms with Crippen LogP contribution >= 0.6 is 43.5 Å². The topological polar surface area (TPSA) is 18.5 Å². The van der Waals surface area contributed by atoms with Crippen molar-refractivity contribution in [1.82, 2.24) is 0 Å². The molecule has 3 aromatic rings. The Labute approximate surface area is 210 Å². The fourth-order valence-corrected chi connectivity index (χ4v) is 5.69. The van der Waals surface area contributed by atoms with Crippen molar-refractivity contribution >= 4 is 60.5 Å². The maximum Gasteiger partial charge on any atom is 0.152 e. The average Bonchev–Trinajstić information content (AvgIpc) is 2.78. The molecule has 3 aromatic carbocycles. The number of hydrogen-bond acceptors (Lipinski definition) is 3. The summed E-state index contributed by atoms with van der Waals surface area (Å²) in [7, 11) is 0. The molecule has 0 amide bonds. The molecule has 0 spiro atoms. The van der Waals surface area contributed by atoms with Crippen LogP contribution in [0, 0.1) is 24.7 Å². The molecule has 32 heavy (non-hydrogen) atoms. The fraction of sp³-hybridized carbons (Fsp3) is 0.154. The van der Waals surface area contributed by atoms with Crippen LogP contribution in [0.1, 0.15) is 23.7 Å². The Bertz CT molecular complexity index is 1290. The molecule has 0 aliphatic carbocycles. The van der Waals surface area contributed by atoms with Crippen molar-refractivity contribution in [3.63, 3.8) is 0 Å². The van der Waals surface area contributed by atoms with Gasteiger partial charge in [0.2, 0.25) is 0 Å². The Balaban J connectivity index is 1.89. The number of halogens is 3. The largest absolute Gasteiger partial charge is 0.358 e. The molecule has 5 rings (SSSR count). The highest BCUT2D eigenvalue weighted by molar-refractivity contribution is 9.10. The molecule has 0 saturated heterocycles. The van der Waals surface area contributed by atoms with E-state index in [2.05, 4.69) is 83.1 Å². The third-order valence-electron chi connectivity index (χ3n) is 6.02. The molecule has 0 saturated carbocycles. The van der Waals surface area contributed by atoms with E-state index >= 15 is 0 Å². The van der Waals surface area contributed by atoms with Crippen LogP contribution < -0.4 is 15.1 Å². The van der Waals surface area contributed by atoms with Gasteiger partial charge in [-0.25, -0.2) is 0 Å². The Kier molecular flexibility index (Phi) is 5.38. The average molecular weight is 568 g/mol. The first-order chi connectivity index (χ1) is 15.5. The Morgan fingerprint density at radius 3 is 2.41 bits per heavy atom. The van der Waals surface area contributed by atoms with Crippen molar-refractivity contribution in [1.29, 1.82) is 0 Å². The molecular formula is C26H18Br2ClN3. The lowest BCUT2D eigenvalue weighted by Gasteiger charge is -2.60. The molecule has 2 aliphatic rings. The lowest BCUT2D eigenvalue weighted by atomic mass is 9.82. The van der Waals surface area contributed by atoms with E-state index in [0.29, 0.717) is 18.0 Å². The van der Waals surface area contributed by atoms with Crippen LogP contribution in [0.5, 0.6) is 0 Å². The van der Waals surface area contributed by atoms with Gasteiger partial charge in [0.05, 0.1) is 13.0 Å². The summed E-state index contributed by atoms with van der Waals surface area (Å²) in [5, 5.41) is 4.49. The zero-order valence-corrected chi connectivity index (χ0v) is 20.9. The first-order valence-corrected chi connectivity index (χ1v) is 12.0. The van der Waals surface area contributed by atoms with Crippen molar-refractivity contribution < 1.29 is 0 Å². The van der Waals surface area contributed by atoms with Crippen molar-refractivity contribution in [2.75, 3.05) is 21.7 Å². The smallest absolute Gasteiger partial charge is 0.152 e. The van der Waals surface area contributed by atoms with E-state index in [4.69, 9.17) is 24.4 Å². The van der Waals surface area contributed by atoms with Crippen molar-refractivity contribution in [2.24, 2.45) is 0 Å². The van der Waals surface area contributed by atoms with Crippen LogP contribution in [0.3, 0.4) is 0 Å². The zero-order valence-electron chi connectivity index (χ0n) is 16.9. The lowest BCUT2D eigenvalue weighted by Crippen LogP contribution is -2.64. The SMILES string of the molecule is C#CCN1c2ccc(Br)cc2C2(CC#C)Nc3ccc(Br)cc3C1N2c1ccc(Cl)cc1. The molecule has 0 fully saturated rings. The summed E-state index contributed by atoms with van der Waals surface area (Å²) in [5.41, 5.74) is 4.62. The lowest BCUT2D eigenvalue weighted by molar-refractivity contribution is 0.366. The molecule has 2 heterocycles. The highest BCUT2D eigenvalue weighted by Gasteiger charge is 2.53. The Hall–Kier alpha value is -2.57. The molecule has 0 radical (unpaired) electrons. The second kappa shape index (κ2) is 8.09. The van der Waals surface area contributed by atoms with E-state index in [-0.39, 0.29) is 6.17 Å². The first-order valence-electron chi connectivity index (χ1n) is 10.0. The third kappa shape index (κ3) is 3.20. The maximum atomic E-state index is 6.23. The van der Waals surface area contributed by atoms with E-state index < -0.39 is 5.66 Å². The van der Waals surface area contributed by atoms with Crippen molar-refractivity contribution in [3.8, 4) is 24.7 Å². The van der Waals surface area contributed by atoms with E-state index in [1.807, 2.05) is 36.4 Å². The minimum Gasteiger partial charge on any atom is -0.358 e. The molecule has 6 heteroatoms. The molecule has 3 nitrogen and oxygen atoms in total. The van der Waals surface area contributed by atoms with E-state index in [1.165, 1.54) is 0 Å². The highest BCUT2D eigenvalue weighted by Crippen LogP contribution is 2.56. The third-order valence-corrected chi connectivity index (χ3v) is 7.26. The molecule has 158 valence electrons. The van der Waals surface area contributed by atoms with Gasteiger partial charge in [0, 0.05) is 42.2 Å².